The zero-order valence-corrected chi connectivity index (χ0v) is 20.4. The average Bonchev–Trinajstić information content (AvgIpc) is 2.82. The number of rotatable bonds is 7. The van der Waals surface area contributed by atoms with E-state index in [1.165, 1.54) is 22.3 Å². The second-order valence-electron chi connectivity index (χ2n) is 8.86. The maximum Gasteiger partial charge on any atom is 0.0414 e. The molecular formula is C32H32N2. The van der Waals surface area contributed by atoms with Crippen LogP contribution in [-0.4, -0.2) is 0 Å². The largest absolute Gasteiger partial charge is 0.355 e. The summed E-state index contributed by atoms with van der Waals surface area (Å²) in [7, 11) is 0. The van der Waals surface area contributed by atoms with Gasteiger partial charge in [-0.05, 0) is 91.9 Å². The van der Waals surface area contributed by atoms with Gasteiger partial charge in [-0.1, -0.05) is 78.4 Å². The Balaban J connectivity index is 1.52. The molecule has 2 heteroatoms. The number of allylic oxidation sites excluding steroid dienone is 2. The molecule has 0 saturated heterocycles. The van der Waals surface area contributed by atoms with E-state index >= 15 is 0 Å². The topological polar surface area (TPSA) is 24.1 Å². The second kappa shape index (κ2) is 10.3. The highest BCUT2D eigenvalue weighted by Gasteiger charge is 2.07. The molecule has 4 aromatic rings. The minimum Gasteiger partial charge on any atom is -0.355 e. The Morgan fingerprint density at radius 3 is 1.35 bits per heavy atom. The molecule has 0 unspecified atom stereocenters. The first-order valence-corrected chi connectivity index (χ1v) is 11.6. The summed E-state index contributed by atoms with van der Waals surface area (Å²) in [6, 6.07) is 30.1. The van der Waals surface area contributed by atoms with Gasteiger partial charge in [0.1, 0.15) is 0 Å². The third kappa shape index (κ3) is 5.47. The molecule has 2 N–H and O–H groups in total. The highest BCUT2D eigenvalue weighted by Crippen LogP contribution is 2.29. The molecule has 170 valence electrons. The molecular weight excluding hydrogens is 412 g/mol. The number of aryl methyl sites for hydroxylation is 4. The minimum atomic E-state index is 1.07. The monoisotopic (exact) mass is 444 g/mol. The van der Waals surface area contributed by atoms with Crippen molar-refractivity contribution in [2.75, 3.05) is 10.6 Å². The Hall–Kier alpha value is -4.04. The molecule has 4 rings (SSSR count). The molecule has 34 heavy (non-hydrogen) atoms. The summed E-state index contributed by atoms with van der Waals surface area (Å²) in [5, 5.41) is 7.06. The number of nitrogens with one attached hydrogen (secondary N) is 2. The quantitative estimate of drug-likeness (QED) is 0.278. The van der Waals surface area contributed by atoms with Crippen LogP contribution in [0, 0.1) is 27.7 Å². The van der Waals surface area contributed by atoms with Crippen molar-refractivity contribution in [3.8, 4) is 0 Å². The Morgan fingerprint density at radius 2 is 1.00 bits per heavy atom. The molecule has 0 saturated carbocycles. The molecule has 0 aliphatic heterocycles. The zero-order chi connectivity index (χ0) is 24.1. The van der Waals surface area contributed by atoms with E-state index in [0.717, 1.165) is 39.4 Å². The van der Waals surface area contributed by atoms with Crippen LogP contribution >= 0.6 is 0 Å². The average molecular weight is 445 g/mol. The van der Waals surface area contributed by atoms with E-state index in [0.29, 0.717) is 0 Å². The summed E-state index contributed by atoms with van der Waals surface area (Å²) in [6.45, 7) is 12.4. The van der Waals surface area contributed by atoms with Gasteiger partial charge in [-0.25, -0.2) is 0 Å². The van der Waals surface area contributed by atoms with Crippen molar-refractivity contribution < 1.29 is 0 Å². The van der Waals surface area contributed by atoms with Crippen molar-refractivity contribution in [1.82, 2.24) is 0 Å². The lowest BCUT2D eigenvalue weighted by Crippen LogP contribution is -1.95. The summed E-state index contributed by atoms with van der Waals surface area (Å²) < 4.78 is 0. The van der Waals surface area contributed by atoms with E-state index in [9.17, 15) is 0 Å². The van der Waals surface area contributed by atoms with Gasteiger partial charge in [0.25, 0.3) is 0 Å². The van der Waals surface area contributed by atoms with E-state index in [2.05, 4.69) is 136 Å². The standard InChI is InChI=1S/C32H32N2/c1-6-7-30(26-10-14-28(15-11-26)33-31-18-8-22(2)20-24(31)4)27-12-16-29(17-13-27)34-32-19-9-23(3)21-25(32)5/h6-21,33-34H,1H2,2-5H3. The summed E-state index contributed by atoms with van der Waals surface area (Å²) in [5.41, 5.74) is 12.9. The third-order valence-electron chi connectivity index (χ3n) is 6.00. The lowest BCUT2D eigenvalue weighted by molar-refractivity contribution is 1.37. The van der Waals surface area contributed by atoms with Gasteiger partial charge in [0.2, 0.25) is 0 Å². The van der Waals surface area contributed by atoms with Crippen molar-refractivity contribution in [1.29, 1.82) is 0 Å². The number of hydrogen-bond acceptors (Lipinski definition) is 2. The minimum absolute atomic E-state index is 1.07. The van der Waals surface area contributed by atoms with Gasteiger partial charge in [0, 0.05) is 22.7 Å². The lowest BCUT2D eigenvalue weighted by atomic mass is 9.97. The van der Waals surface area contributed by atoms with Crippen LogP contribution in [0.15, 0.2) is 104 Å². The van der Waals surface area contributed by atoms with Gasteiger partial charge >= 0.3 is 0 Å². The van der Waals surface area contributed by atoms with Gasteiger partial charge in [-0.3, -0.25) is 0 Å². The Bertz CT molecular complexity index is 1230. The molecule has 0 aromatic heterocycles. The van der Waals surface area contributed by atoms with E-state index in [1.54, 1.807) is 0 Å². The first-order chi connectivity index (χ1) is 16.4. The molecule has 0 heterocycles. The zero-order valence-electron chi connectivity index (χ0n) is 20.4. The highest BCUT2D eigenvalue weighted by atomic mass is 14.9. The number of benzene rings is 4. The number of hydrogen-bond donors (Lipinski definition) is 2. The smallest absolute Gasteiger partial charge is 0.0414 e. The predicted molar refractivity (Wildman–Crippen MR) is 149 cm³/mol. The maximum atomic E-state index is 3.93. The highest BCUT2D eigenvalue weighted by molar-refractivity contribution is 5.82. The summed E-state index contributed by atoms with van der Waals surface area (Å²) in [5.74, 6) is 0. The van der Waals surface area contributed by atoms with Gasteiger partial charge in [0.15, 0.2) is 0 Å². The molecule has 0 bridgehead atoms. The molecule has 2 nitrogen and oxygen atoms in total. The summed E-state index contributed by atoms with van der Waals surface area (Å²) in [4.78, 5) is 0. The molecule has 0 atom stereocenters. The molecule has 0 fully saturated rings. The van der Waals surface area contributed by atoms with E-state index in [4.69, 9.17) is 0 Å². The molecule has 0 amide bonds. The first kappa shape index (κ1) is 23.1. The Kier molecular flexibility index (Phi) is 6.98. The van der Waals surface area contributed by atoms with Crippen LogP contribution in [0.3, 0.4) is 0 Å². The van der Waals surface area contributed by atoms with Crippen LogP contribution in [0.4, 0.5) is 22.7 Å². The van der Waals surface area contributed by atoms with Gasteiger partial charge in [-0.15, -0.1) is 0 Å². The fourth-order valence-electron chi connectivity index (χ4n) is 4.16. The first-order valence-electron chi connectivity index (χ1n) is 11.6. The van der Waals surface area contributed by atoms with E-state index < -0.39 is 0 Å². The summed E-state index contributed by atoms with van der Waals surface area (Å²) >= 11 is 0. The van der Waals surface area contributed by atoms with Gasteiger partial charge in [0.05, 0.1) is 0 Å². The van der Waals surface area contributed by atoms with Crippen LogP contribution < -0.4 is 10.6 Å². The Morgan fingerprint density at radius 1 is 0.588 bits per heavy atom. The summed E-state index contributed by atoms with van der Waals surface area (Å²) in [6.07, 6.45) is 3.91. The van der Waals surface area contributed by atoms with Crippen molar-refractivity contribution in [3.05, 3.63) is 137 Å². The van der Waals surface area contributed by atoms with Crippen LogP contribution in [0.5, 0.6) is 0 Å². The van der Waals surface area contributed by atoms with E-state index in [1.807, 2.05) is 6.08 Å². The van der Waals surface area contributed by atoms with Crippen LogP contribution in [0.25, 0.3) is 5.57 Å². The molecule has 4 aromatic carbocycles. The maximum absolute atomic E-state index is 3.93. The van der Waals surface area contributed by atoms with Crippen LogP contribution in [0.2, 0.25) is 0 Å². The fourth-order valence-corrected chi connectivity index (χ4v) is 4.16. The predicted octanol–water partition coefficient (Wildman–Crippen LogP) is 9.03. The van der Waals surface area contributed by atoms with Gasteiger partial charge < -0.3 is 10.6 Å². The van der Waals surface area contributed by atoms with Crippen molar-refractivity contribution in [3.63, 3.8) is 0 Å². The third-order valence-corrected chi connectivity index (χ3v) is 6.00. The van der Waals surface area contributed by atoms with Gasteiger partial charge in [-0.2, -0.15) is 0 Å². The molecule has 0 spiro atoms. The van der Waals surface area contributed by atoms with Crippen LogP contribution in [-0.2, 0) is 0 Å². The van der Waals surface area contributed by atoms with Crippen LogP contribution in [0.1, 0.15) is 33.4 Å². The molecule has 0 aliphatic carbocycles. The van der Waals surface area contributed by atoms with Crippen molar-refractivity contribution in [2.24, 2.45) is 0 Å². The molecule has 0 radical (unpaired) electrons. The van der Waals surface area contributed by atoms with E-state index in [-0.39, 0.29) is 0 Å². The Labute approximate surface area is 203 Å². The lowest BCUT2D eigenvalue weighted by Gasteiger charge is -2.14. The van der Waals surface area contributed by atoms with Crippen molar-refractivity contribution in [2.45, 2.75) is 27.7 Å². The normalized spacial score (nSPS) is 10.5. The molecule has 0 aliphatic rings. The SMILES string of the molecule is C=CC=C(c1ccc(Nc2ccc(C)cc2C)cc1)c1ccc(Nc2ccc(C)cc2C)cc1. The van der Waals surface area contributed by atoms with Crippen molar-refractivity contribution >= 4 is 28.3 Å². The second-order valence-corrected chi connectivity index (χ2v) is 8.86. The number of anilines is 4. The fraction of sp³-hybridized carbons (Fsp3) is 0.125.